The molecule has 31 heavy (non-hydrogen) atoms. The van der Waals surface area contributed by atoms with E-state index in [9.17, 15) is 0 Å². The molecule has 0 N–H and O–H groups in total. The van der Waals surface area contributed by atoms with E-state index in [0.29, 0.717) is 16.6 Å². The Morgan fingerprint density at radius 3 is 2.32 bits per heavy atom. The number of nitrogens with zero attached hydrogens (tertiary/aromatic N) is 2. The third kappa shape index (κ3) is 2.69. The van der Waals surface area contributed by atoms with E-state index in [-0.39, 0.29) is 0 Å². The molecule has 3 heterocycles. The summed E-state index contributed by atoms with van der Waals surface area (Å²) in [5, 5.41) is 2.96. The molecule has 5 rings (SSSR count). The number of hydrogen-bond donors (Lipinski definition) is 0. The normalized spacial score (nSPS) is 17.1. The fourth-order valence-electron chi connectivity index (χ4n) is 7.19. The Kier molecular flexibility index (Phi) is 4.71. The highest BCUT2D eigenvalue weighted by molar-refractivity contribution is 6.86. The molecule has 5 heteroatoms. The van der Waals surface area contributed by atoms with Crippen LogP contribution < -0.4 is 5.19 Å². The van der Waals surface area contributed by atoms with E-state index >= 15 is 0 Å². The molecule has 2 aromatic heterocycles. The summed E-state index contributed by atoms with van der Waals surface area (Å²) >= 11 is 0. The van der Waals surface area contributed by atoms with Crippen LogP contribution in [0, 0.1) is 0 Å². The van der Waals surface area contributed by atoms with Gasteiger partial charge in [0.25, 0.3) is 0 Å². The fourth-order valence-corrected chi connectivity index (χ4v) is 16.3. The van der Waals surface area contributed by atoms with Crippen molar-refractivity contribution in [1.82, 2.24) is 9.22 Å². The molecule has 0 atom stereocenters. The van der Waals surface area contributed by atoms with Gasteiger partial charge in [-0.25, -0.2) is 0 Å². The van der Waals surface area contributed by atoms with E-state index in [1.54, 1.807) is 0 Å². The average molecular weight is 449 g/mol. The van der Waals surface area contributed by atoms with Crippen LogP contribution in [0.15, 0.2) is 30.6 Å². The molecule has 0 radical (unpaired) electrons. The van der Waals surface area contributed by atoms with Gasteiger partial charge in [0.2, 0.25) is 8.32 Å². The topological polar surface area (TPSA) is 27.1 Å². The van der Waals surface area contributed by atoms with E-state index in [1.807, 2.05) is 0 Å². The van der Waals surface area contributed by atoms with E-state index in [2.05, 4.69) is 89.5 Å². The van der Waals surface area contributed by atoms with Gasteiger partial charge in [-0.1, -0.05) is 53.7 Å². The van der Waals surface area contributed by atoms with E-state index < -0.39 is 16.6 Å². The van der Waals surface area contributed by atoms with Crippen LogP contribution in [0.2, 0.25) is 29.7 Å². The molecule has 0 saturated heterocycles. The van der Waals surface area contributed by atoms with Crippen molar-refractivity contribution in [2.24, 2.45) is 0 Å². The molecule has 164 valence electrons. The molecular weight excluding hydrogens is 412 g/mol. The summed E-state index contributed by atoms with van der Waals surface area (Å²) in [4.78, 5) is 4.96. The monoisotopic (exact) mass is 448 g/mol. The number of benzene rings is 1. The molecule has 1 aliphatic heterocycles. The Bertz CT molecular complexity index is 1170. The van der Waals surface area contributed by atoms with Crippen LogP contribution in [-0.2, 0) is 17.5 Å². The second-order valence-corrected chi connectivity index (χ2v) is 20.6. The van der Waals surface area contributed by atoms with Crippen molar-refractivity contribution >= 4 is 32.6 Å². The van der Waals surface area contributed by atoms with Crippen LogP contribution in [0.5, 0.6) is 0 Å². The number of pyridine rings is 1. The smallest absolute Gasteiger partial charge is 0.219 e. The quantitative estimate of drug-likeness (QED) is 0.330. The second-order valence-electron chi connectivity index (χ2n) is 11.0. The number of hydrogen-bond acceptors (Lipinski definition) is 2. The Labute approximate surface area is 189 Å². The third-order valence-electron chi connectivity index (χ3n) is 8.15. The van der Waals surface area contributed by atoms with Gasteiger partial charge in [-0.05, 0) is 63.9 Å². The summed E-state index contributed by atoms with van der Waals surface area (Å²) < 4.78 is 9.10. The summed E-state index contributed by atoms with van der Waals surface area (Å²) in [6.07, 6.45) is 5.55. The van der Waals surface area contributed by atoms with Gasteiger partial charge < -0.3 is 8.66 Å². The third-order valence-corrected chi connectivity index (χ3v) is 17.5. The molecule has 0 spiro atoms. The zero-order valence-corrected chi connectivity index (χ0v) is 22.3. The van der Waals surface area contributed by atoms with Crippen molar-refractivity contribution in [2.45, 2.75) is 84.3 Å². The average Bonchev–Trinajstić information content (AvgIpc) is 3.20. The molecule has 0 unspecified atom stereocenters. The van der Waals surface area contributed by atoms with Gasteiger partial charge in [0.05, 0.1) is 12.3 Å². The lowest BCUT2D eigenvalue weighted by Crippen LogP contribution is -2.51. The standard InChI is InChI=1S/C26H36N2OSi2/c1-16(2)31(17(3)4,18(5)6)28-14-19-12-22-25(21-10-9-11-23(28)24(19)21)26-20(13-27-22)15-29-30(26,7)8/h9-11,13-14,16-18H,12,15H2,1-8H3. The first-order valence-electron chi connectivity index (χ1n) is 11.9. The van der Waals surface area contributed by atoms with Crippen LogP contribution >= 0.6 is 0 Å². The largest absolute Gasteiger partial charge is 0.409 e. The highest BCUT2D eigenvalue weighted by Gasteiger charge is 2.47. The minimum absolute atomic E-state index is 0.671. The highest BCUT2D eigenvalue weighted by Crippen LogP contribution is 2.48. The van der Waals surface area contributed by atoms with Crippen molar-refractivity contribution in [2.75, 3.05) is 0 Å². The van der Waals surface area contributed by atoms with Crippen LogP contribution in [0.3, 0.4) is 0 Å². The Balaban J connectivity index is 1.85. The van der Waals surface area contributed by atoms with Gasteiger partial charge >= 0.3 is 0 Å². The van der Waals surface area contributed by atoms with Crippen LogP contribution in [0.4, 0.5) is 0 Å². The minimum atomic E-state index is -1.90. The number of fused-ring (bicyclic) bond motifs is 4. The van der Waals surface area contributed by atoms with Crippen molar-refractivity contribution < 1.29 is 4.43 Å². The molecule has 3 nitrogen and oxygen atoms in total. The van der Waals surface area contributed by atoms with Gasteiger partial charge in [-0.15, -0.1) is 0 Å². The van der Waals surface area contributed by atoms with Crippen molar-refractivity contribution in [1.29, 1.82) is 0 Å². The maximum atomic E-state index is 6.32. The van der Waals surface area contributed by atoms with Crippen LogP contribution in [0.25, 0.3) is 22.0 Å². The molecule has 0 amide bonds. The number of aromatic nitrogens is 2. The molecule has 1 aliphatic carbocycles. The summed E-state index contributed by atoms with van der Waals surface area (Å²) in [5.41, 5.74) is 10.3. The van der Waals surface area contributed by atoms with Crippen molar-refractivity contribution in [3.63, 3.8) is 0 Å². The van der Waals surface area contributed by atoms with Crippen molar-refractivity contribution in [3.05, 3.63) is 47.4 Å². The van der Waals surface area contributed by atoms with Gasteiger partial charge in [-0.2, -0.15) is 0 Å². The Morgan fingerprint density at radius 1 is 1.00 bits per heavy atom. The summed E-state index contributed by atoms with van der Waals surface area (Å²) in [6.45, 7) is 20.1. The molecule has 0 bridgehead atoms. The van der Waals surface area contributed by atoms with Gasteiger partial charge in [0.15, 0.2) is 8.24 Å². The Hall–Kier alpha value is -1.70. The van der Waals surface area contributed by atoms with Crippen LogP contribution in [-0.4, -0.2) is 25.8 Å². The Morgan fingerprint density at radius 2 is 1.68 bits per heavy atom. The minimum Gasteiger partial charge on any atom is -0.409 e. The zero-order chi connectivity index (χ0) is 22.3. The lowest BCUT2D eigenvalue weighted by molar-refractivity contribution is 0.320. The second kappa shape index (κ2) is 6.90. The van der Waals surface area contributed by atoms with Gasteiger partial charge in [-0.3, -0.25) is 4.98 Å². The molecular formula is C26H36N2OSi2. The van der Waals surface area contributed by atoms with Gasteiger partial charge in [0, 0.05) is 29.1 Å². The van der Waals surface area contributed by atoms with Crippen LogP contribution in [0.1, 0.15) is 58.4 Å². The highest BCUT2D eigenvalue weighted by atomic mass is 28.4. The first-order chi connectivity index (χ1) is 14.6. The molecule has 0 fully saturated rings. The zero-order valence-electron chi connectivity index (χ0n) is 20.3. The predicted molar refractivity (Wildman–Crippen MR) is 136 cm³/mol. The molecule has 2 aliphatic rings. The number of rotatable bonds is 4. The lowest BCUT2D eigenvalue weighted by Gasteiger charge is -2.44. The molecule has 3 aromatic rings. The SMILES string of the molecule is CC(C)[Si](C(C)C)(C(C)C)n1cc2c3c(cccc31)-c1c(ncc3c1[Si](C)(C)OC3)C2. The van der Waals surface area contributed by atoms with E-state index in [4.69, 9.17) is 9.41 Å². The first kappa shape index (κ1) is 21.2. The first-order valence-corrected chi connectivity index (χ1v) is 17.0. The van der Waals surface area contributed by atoms with Gasteiger partial charge in [0.1, 0.15) is 0 Å². The summed E-state index contributed by atoms with van der Waals surface area (Å²) in [7, 11) is -3.73. The predicted octanol–water partition coefficient (Wildman–Crippen LogP) is 6.57. The maximum Gasteiger partial charge on any atom is 0.219 e. The molecule has 1 aromatic carbocycles. The van der Waals surface area contributed by atoms with E-state index in [0.717, 1.165) is 13.0 Å². The fraction of sp³-hybridized carbons (Fsp3) is 0.500. The lowest BCUT2D eigenvalue weighted by atomic mass is 9.89. The maximum absolute atomic E-state index is 6.32. The van der Waals surface area contributed by atoms with Crippen molar-refractivity contribution in [3.8, 4) is 11.1 Å². The summed E-state index contributed by atoms with van der Waals surface area (Å²) in [5.74, 6) is 0. The molecule has 0 saturated carbocycles. The summed E-state index contributed by atoms with van der Waals surface area (Å²) in [6, 6.07) is 6.98. The van der Waals surface area contributed by atoms with E-state index in [1.165, 1.54) is 44.0 Å².